The van der Waals surface area contributed by atoms with E-state index in [-0.39, 0.29) is 19.4 Å². The van der Waals surface area contributed by atoms with Crippen LogP contribution in [0, 0.1) is 0 Å². The van der Waals surface area contributed by atoms with Gasteiger partial charge in [0.15, 0.2) is 6.10 Å². The molecule has 0 spiro atoms. The average Bonchev–Trinajstić information content (AvgIpc) is 3.16. The van der Waals surface area contributed by atoms with Crippen LogP contribution in [0.25, 0.3) is 0 Å². The van der Waals surface area contributed by atoms with E-state index in [4.69, 9.17) is 19.1 Å². The molecule has 0 aromatic rings. The molecule has 310 valence electrons. The van der Waals surface area contributed by atoms with Crippen molar-refractivity contribution in [3.8, 4) is 0 Å². The zero-order valence-electron chi connectivity index (χ0n) is 33.4. The third-order valence-electron chi connectivity index (χ3n) is 8.06. The number of esters is 2. The topological polar surface area (TPSA) is 149 Å². The fourth-order valence-corrected chi connectivity index (χ4v) is 5.67. The summed E-state index contributed by atoms with van der Waals surface area (Å²) in [6.45, 7) is 2.19. The number of aliphatic hydroxyl groups is 2. The Balaban J connectivity index is 4.44. The first-order valence-electron chi connectivity index (χ1n) is 20.4. The maximum Gasteiger partial charge on any atom is 0.472 e. The van der Waals surface area contributed by atoms with Gasteiger partial charge in [-0.2, -0.15) is 0 Å². The van der Waals surface area contributed by atoms with Gasteiger partial charge in [0.25, 0.3) is 0 Å². The Labute approximate surface area is 327 Å². The number of ether oxygens (including phenoxy) is 2. The normalized spacial score (nSPS) is 14.7. The first-order chi connectivity index (χ1) is 26.2. The lowest BCUT2D eigenvalue weighted by atomic mass is 10.1. The van der Waals surface area contributed by atoms with E-state index in [2.05, 4.69) is 91.3 Å². The highest BCUT2D eigenvalue weighted by atomic mass is 31.2. The summed E-state index contributed by atoms with van der Waals surface area (Å²) in [7, 11) is -4.63. The third kappa shape index (κ3) is 37.7. The van der Waals surface area contributed by atoms with Crippen molar-refractivity contribution in [3.63, 3.8) is 0 Å². The summed E-state index contributed by atoms with van der Waals surface area (Å²) in [5.41, 5.74) is 0. The highest BCUT2D eigenvalue weighted by Crippen LogP contribution is 2.43. The quantitative estimate of drug-likeness (QED) is 0.0241. The van der Waals surface area contributed by atoms with Crippen molar-refractivity contribution in [2.24, 2.45) is 0 Å². The van der Waals surface area contributed by atoms with Gasteiger partial charge in [0.05, 0.1) is 19.8 Å². The number of hydrogen-bond donors (Lipinski definition) is 3. The molecule has 0 aliphatic carbocycles. The molecule has 0 saturated heterocycles. The number of aliphatic hydroxyl groups excluding tert-OH is 2. The molecule has 0 aromatic heterocycles. The van der Waals surface area contributed by atoms with Gasteiger partial charge in [0, 0.05) is 12.8 Å². The molecule has 0 aliphatic heterocycles. The van der Waals surface area contributed by atoms with Crippen molar-refractivity contribution in [1.82, 2.24) is 0 Å². The molecule has 10 nitrogen and oxygen atoms in total. The molecule has 0 saturated carbocycles. The van der Waals surface area contributed by atoms with Crippen LogP contribution in [-0.2, 0) is 32.7 Å². The van der Waals surface area contributed by atoms with Gasteiger partial charge >= 0.3 is 19.8 Å². The molecule has 0 aliphatic rings. The molecule has 0 amide bonds. The van der Waals surface area contributed by atoms with E-state index >= 15 is 0 Å². The predicted molar refractivity (Wildman–Crippen MR) is 219 cm³/mol. The van der Waals surface area contributed by atoms with E-state index in [9.17, 15) is 24.2 Å². The zero-order chi connectivity index (χ0) is 39.8. The van der Waals surface area contributed by atoms with Gasteiger partial charge in [-0.3, -0.25) is 18.6 Å². The lowest BCUT2D eigenvalue weighted by Gasteiger charge is -2.20. The number of carbonyl (C=O) groups excluding carboxylic acids is 2. The van der Waals surface area contributed by atoms with Crippen molar-refractivity contribution in [3.05, 3.63) is 72.9 Å². The number of phosphoric ester groups is 1. The van der Waals surface area contributed by atoms with Crippen molar-refractivity contribution in [1.29, 1.82) is 0 Å². The summed E-state index contributed by atoms with van der Waals surface area (Å²) in [5, 5.41) is 18.3. The third-order valence-corrected chi connectivity index (χ3v) is 9.02. The maximum absolute atomic E-state index is 12.6. The van der Waals surface area contributed by atoms with Gasteiger partial charge in [-0.25, -0.2) is 4.57 Å². The van der Waals surface area contributed by atoms with E-state index in [1.807, 2.05) is 0 Å². The Morgan fingerprint density at radius 3 is 1.54 bits per heavy atom. The van der Waals surface area contributed by atoms with E-state index < -0.39 is 51.8 Å². The largest absolute Gasteiger partial charge is 0.472 e. The van der Waals surface area contributed by atoms with Crippen molar-refractivity contribution in [2.75, 3.05) is 26.4 Å². The number of allylic oxidation sites excluding steroid dienone is 12. The molecular formula is C43H73O10P. The van der Waals surface area contributed by atoms with Crippen molar-refractivity contribution in [2.45, 2.75) is 161 Å². The summed E-state index contributed by atoms with van der Waals surface area (Å²) in [5.74, 6) is -0.985. The molecule has 0 aromatic carbocycles. The molecular weight excluding hydrogens is 707 g/mol. The zero-order valence-corrected chi connectivity index (χ0v) is 34.3. The Morgan fingerprint density at radius 2 is 1.00 bits per heavy atom. The molecule has 11 heteroatoms. The van der Waals surface area contributed by atoms with Crippen molar-refractivity contribution < 1.29 is 47.8 Å². The summed E-state index contributed by atoms with van der Waals surface area (Å²) in [6.07, 6.45) is 42.9. The molecule has 0 bridgehead atoms. The maximum atomic E-state index is 12.6. The van der Waals surface area contributed by atoms with E-state index in [1.54, 1.807) is 0 Å². The predicted octanol–water partition coefficient (Wildman–Crippen LogP) is 10.5. The van der Waals surface area contributed by atoms with Crippen LogP contribution in [0.5, 0.6) is 0 Å². The second kappa shape index (κ2) is 38.7. The second-order valence-electron chi connectivity index (χ2n) is 13.3. The number of rotatable bonds is 37. The van der Waals surface area contributed by atoms with Gasteiger partial charge in [-0.05, 0) is 77.0 Å². The SMILES string of the molecule is CCC/C=C/C/C=C/C/C=C/C/C=C/CCCCCC(=O)O[C@H](COC(=O)CCCCCCC/C=C/C/C=C/CCCC)COP(=O)(O)OC[C@@H](O)CO. The minimum Gasteiger partial charge on any atom is -0.462 e. The molecule has 0 fully saturated rings. The molecule has 1 unspecified atom stereocenters. The van der Waals surface area contributed by atoms with Crippen LogP contribution >= 0.6 is 7.82 Å². The molecule has 3 N–H and O–H groups in total. The summed E-state index contributed by atoms with van der Waals surface area (Å²) in [6, 6.07) is 0. The molecule has 0 heterocycles. The Morgan fingerprint density at radius 1 is 0.556 bits per heavy atom. The average molecular weight is 781 g/mol. The monoisotopic (exact) mass is 780 g/mol. The van der Waals surface area contributed by atoms with Crippen LogP contribution < -0.4 is 0 Å². The van der Waals surface area contributed by atoms with E-state index in [0.29, 0.717) is 12.8 Å². The van der Waals surface area contributed by atoms with Crippen LogP contribution in [0.3, 0.4) is 0 Å². The fraction of sp³-hybridized carbons (Fsp3) is 0.674. The number of phosphoric acid groups is 1. The fourth-order valence-electron chi connectivity index (χ4n) is 4.88. The standard InChI is InChI=1S/C43H73O10P/c1-3-5-7-9-11-13-15-17-19-20-21-23-25-27-29-31-33-35-43(47)53-41(39-52-54(48,49)51-37-40(45)36-44)38-50-42(46)34-32-30-28-26-24-22-18-16-14-12-10-8-6-4-2/h7,9-10,12-13,15-16,18-20,23,25,40-41,44-45H,3-6,8,11,14,17,21-22,24,26-39H2,1-2H3,(H,48,49)/b9-7+,12-10+,15-13+,18-16+,20-19+,25-23+/t40-,41+/m0/s1. The van der Waals surface area contributed by atoms with Crippen LogP contribution in [0.1, 0.15) is 149 Å². The highest BCUT2D eigenvalue weighted by Gasteiger charge is 2.27. The molecule has 0 rings (SSSR count). The minimum absolute atomic E-state index is 0.140. The van der Waals surface area contributed by atoms with Crippen LogP contribution in [0.4, 0.5) is 0 Å². The second-order valence-corrected chi connectivity index (χ2v) is 14.8. The van der Waals surface area contributed by atoms with Gasteiger partial charge < -0.3 is 24.6 Å². The van der Waals surface area contributed by atoms with Gasteiger partial charge in [-0.1, -0.05) is 132 Å². The summed E-state index contributed by atoms with van der Waals surface area (Å²) < 4.78 is 32.6. The smallest absolute Gasteiger partial charge is 0.462 e. The number of hydrogen-bond acceptors (Lipinski definition) is 9. The lowest BCUT2D eigenvalue weighted by molar-refractivity contribution is -0.161. The van der Waals surface area contributed by atoms with Crippen LogP contribution in [0.15, 0.2) is 72.9 Å². The van der Waals surface area contributed by atoms with Crippen LogP contribution in [0.2, 0.25) is 0 Å². The van der Waals surface area contributed by atoms with Crippen molar-refractivity contribution >= 4 is 19.8 Å². The van der Waals surface area contributed by atoms with Gasteiger partial charge in [-0.15, -0.1) is 0 Å². The minimum atomic E-state index is -4.63. The first kappa shape index (κ1) is 51.4. The lowest BCUT2D eigenvalue weighted by Crippen LogP contribution is -2.29. The molecule has 54 heavy (non-hydrogen) atoms. The van der Waals surface area contributed by atoms with Gasteiger partial charge in [0.1, 0.15) is 12.7 Å². The molecule has 0 radical (unpaired) electrons. The summed E-state index contributed by atoms with van der Waals surface area (Å²) in [4.78, 5) is 34.9. The highest BCUT2D eigenvalue weighted by molar-refractivity contribution is 7.47. The Hall–Kier alpha value is -2.59. The Kier molecular flexibility index (Phi) is 36.8. The van der Waals surface area contributed by atoms with E-state index in [1.165, 1.54) is 19.3 Å². The summed E-state index contributed by atoms with van der Waals surface area (Å²) >= 11 is 0. The Bertz CT molecular complexity index is 1130. The number of carbonyl (C=O) groups is 2. The van der Waals surface area contributed by atoms with Crippen LogP contribution in [-0.4, -0.2) is 65.7 Å². The van der Waals surface area contributed by atoms with E-state index in [0.717, 1.165) is 89.9 Å². The molecule has 3 atom stereocenters. The number of unbranched alkanes of at least 4 members (excludes halogenated alkanes) is 11. The van der Waals surface area contributed by atoms with Gasteiger partial charge in [0.2, 0.25) is 0 Å². The first-order valence-corrected chi connectivity index (χ1v) is 21.9.